The van der Waals surface area contributed by atoms with E-state index in [-0.39, 0.29) is 23.0 Å². The summed E-state index contributed by atoms with van der Waals surface area (Å²) in [5.41, 5.74) is 2.81. The summed E-state index contributed by atoms with van der Waals surface area (Å²) in [6.07, 6.45) is 0. The Morgan fingerprint density at radius 2 is 1.59 bits per heavy atom. The fourth-order valence-electron chi connectivity index (χ4n) is 3.89. The largest absolute Gasteiger partial charge is 0.355 e. The maximum Gasteiger partial charge on any atom is 0.264 e. The number of nitrogens with zero attached hydrogens (tertiary/aromatic N) is 2. The minimum Gasteiger partial charge on any atom is -0.355 e. The van der Waals surface area contributed by atoms with E-state index in [2.05, 4.69) is 5.32 Å². The van der Waals surface area contributed by atoms with Crippen LogP contribution in [0.15, 0.2) is 77.7 Å². The molecule has 0 spiro atoms. The molecule has 2 amide bonds. The van der Waals surface area contributed by atoms with Crippen molar-refractivity contribution in [2.75, 3.05) is 17.4 Å². The number of rotatable bonds is 10. The lowest BCUT2D eigenvalue weighted by Gasteiger charge is -2.32. The van der Waals surface area contributed by atoms with E-state index in [4.69, 9.17) is 0 Å². The van der Waals surface area contributed by atoms with Crippen molar-refractivity contribution < 1.29 is 22.4 Å². The summed E-state index contributed by atoms with van der Waals surface area (Å²) in [6, 6.07) is 17.8. The first-order chi connectivity index (χ1) is 17.5. The molecule has 1 atom stereocenters. The number of amides is 2. The average molecular weight is 526 g/mol. The molecule has 0 saturated heterocycles. The lowest BCUT2D eigenvalue weighted by atomic mass is 10.1. The topological polar surface area (TPSA) is 86.8 Å². The molecule has 0 aliphatic rings. The molecule has 7 nitrogen and oxygen atoms in total. The molecule has 9 heteroatoms. The Morgan fingerprint density at radius 1 is 0.946 bits per heavy atom. The van der Waals surface area contributed by atoms with Crippen molar-refractivity contribution in [1.82, 2.24) is 10.2 Å². The molecule has 0 aliphatic carbocycles. The molecule has 0 bridgehead atoms. The van der Waals surface area contributed by atoms with E-state index in [0.29, 0.717) is 6.54 Å². The lowest BCUT2D eigenvalue weighted by molar-refractivity contribution is -0.139. The Labute approximate surface area is 218 Å². The molecule has 1 N–H and O–H groups in total. The van der Waals surface area contributed by atoms with E-state index in [0.717, 1.165) is 33.1 Å². The van der Waals surface area contributed by atoms with Crippen molar-refractivity contribution in [2.24, 2.45) is 0 Å². The fourth-order valence-corrected chi connectivity index (χ4v) is 5.30. The molecular formula is C28H32FN3O4S. The third-order valence-corrected chi connectivity index (χ3v) is 7.74. The monoisotopic (exact) mass is 525 g/mol. The van der Waals surface area contributed by atoms with Crippen LogP contribution in [0.4, 0.5) is 10.1 Å². The van der Waals surface area contributed by atoms with Crippen LogP contribution in [0.2, 0.25) is 0 Å². The summed E-state index contributed by atoms with van der Waals surface area (Å²) >= 11 is 0. The van der Waals surface area contributed by atoms with Gasteiger partial charge in [0, 0.05) is 13.1 Å². The van der Waals surface area contributed by atoms with Gasteiger partial charge >= 0.3 is 0 Å². The van der Waals surface area contributed by atoms with E-state index >= 15 is 0 Å². The Hall–Kier alpha value is -3.72. The van der Waals surface area contributed by atoms with Crippen molar-refractivity contribution in [3.63, 3.8) is 0 Å². The normalized spacial score (nSPS) is 12.0. The highest BCUT2D eigenvalue weighted by Crippen LogP contribution is 2.25. The summed E-state index contributed by atoms with van der Waals surface area (Å²) < 4.78 is 42.0. The zero-order chi connectivity index (χ0) is 27.2. The summed E-state index contributed by atoms with van der Waals surface area (Å²) in [7, 11) is -4.19. The number of likely N-dealkylation sites (N-methyl/N-ethyl adjacent to an activating group) is 1. The third kappa shape index (κ3) is 6.95. The molecule has 0 heterocycles. The van der Waals surface area contributed by atoms with Gasteiger partial charge in [-0.05, 0) is 69.7 Å². The minimum atomic E-state index is -4.19. The maximum atomic E-state index is 13.7. The average Bonchev–Trinajstić information content (AvgIpc) is 2.86. The van der Waals surface area contributed by atoms with Gasteiger partial charge in [0.2, 0.25) is 11.8 Å². The van der Waals surface area contributed by atoms with Crippen molar-refractivity contribution in [3.8, 4) is 0 Å². The second kappa shape index (κ2) is 12.0. The number of carbonyl (C=O) groups excluding carboxylic acids is 2. The van der Waals surface area contributed by atoms with Crippen LogP contribution in [0, 0.1) is 19.7 Å². The molecule has 0 aliphatic heterocycles. The number of nitrogens with one attached hydrogen (secondary N) is 1. The predicted octanol–water partition coefficient (Wildman–Crippen LogP) is 4.19. The lowest BCUT2D eigenvalue weighted by Crippen LogP contribution is -2.51. The van der Waals surface area contributed by atoms with Crippen LogP contribution >= 0.6 is 0 Å². The number of anilines is 1. The van der Waals surface area contributed by atoms with Gasteiger partial charge in [-0.25, -0.2) is 12.8 Å². The first kappa shape index (κ1) is 27.9. The minimum absolute atomic E-state index is 0.00256. The zero-order valence-electron chi connectivity index (χ0n) is 21.4. The van der Waals surface area contributed by atoms with Gasteiger partial charge in [-0.2, -0.15) is 0 Å². The Balaban J connectivity index is 2.02. The van der Waals surface area contributed by atoms with E-state index < -0.39 is 34.3 Å². The molecule has 196 valence electrons. The number of aryl methyl sites for hydroxylation is 2. The highest BCUT2D eigenvalue weighted by atomic mass is 32.2. The molecular weight excluding hydrogens is 493 g/mol. The van der Waals surface area contributed by atoms with E-state index in [1.54, 1.807) is 26.0 Å². The molecule has 37 heavy (non-hydrogen) atoms. The molecule has 0 fully saturated rings. The molecule has 0 saturated carbocycles. The number of carbonyl (C=O) groups is 2. The van der Waals surface area contributed by atoms with Crippen molar-refractivity contribution in [2.45, 2.75) is 45.2 Å². The number of benzene rings is 3. The first-order valence-corrected chi connectivity index (χ1v) is 13.4. The standard InChI is InChI=1S/C28H32FN3O4S/c1-5-30-28(34)22(4)31(18-23-8-6-7-21(3)17-23)27(33)19-32(25-13-11-24(29)12-14-25)37(35,36)26-15-9-20(2)10-16-26/h6-17,22H,5,18-19H2,1-4H3,(H,30,34). The number of hydrogen-bond acceptors (Lipinski definition) is 4. The summed E-state index contributed by atoms with van der Waals surface area (Å²) in [4.78, 5) is 27.8. The molecule has 0 aromatic heterocycles. The van der Waals surface area contributed by atoms with Gasteiger partial charge in [0.15, 0.2) is 0 Å². The van der Waals surface area contributed by atoms with Crippen molar-refractivity contribution in [1.29, 1.82) is 0 Å². The number of hydrogen-bond donors (Lipinski definition) is 1. The SMILES string of the molecule is CCNC(=O)C(C)N(Cc1cccc(C)c1)C(=O)CN(c1ccc(F)cc1)S(=O)(=O)c1ccc(C)cc1. The van der Waals surface area contributed by atoms with Gasteiger partial charge in [0.1, 0.15) is 18.4 Å². The maximum absolute atomic E-state index is 13.7. The summed E-state index contributed by atoms with van der Waals surface area (Å²) in [5.74, 6) is -1.45. The Kier molecular flexibility index (Phi) is 9.04. The van der Waals surface area contributed by atoms with E-state index in [1.165, 1.54) is 29.2 Å². The van der Waals surface area contributed by atoms with Gasteiger partial charge in [-0.1, -0.05) is 47.5 Å². The fraction of sp³-hybridized carbons (Fsp3) is 0.286. The van der Waals surface area contributed by atoms with Crippen molar-refractivity contribution >= 4 is 27.5 Å². The van der Waals surface area contributed by atoms with Crippen LogP contribution in [0.1, 0.15) is 30.5 Å². The zero-order valence-corrected chi connectivity index (χ0v) is 22.3. The van der Waals surface area contributed by atoms with Gasteiger partial charge in [0.05, 0.1) is 10.6 Å². The van der Waals surface area contributed by atoms with Gasteiger partial charge < -0.3 is 10.2 Å². The van der Waals surface area contributed by atoms with Gasteiger partial charge in [-0.3, -0.25) is 13.9 Å². The smallest absolute Gasteiger partial charge is 0.264 e. The predicted molar refractivity (Wildman–Crippen MR) is 142 cm³/mol. The third-order valence-electron chi connectivity index (χ3n) is 5.96. The van der Waals surface area contributed by atoms with Crippen LogP contribution in [-0.4, -0.2) is 44.3 Å². The first-order valence-electron chi connectivity index (χ1n) is 12.0. The summed E-state index contributed by atoms with van der Waals surface area (Å²) in [5, 5.41) is 2.72. The number of sulfonamides is 1. The number of halogens is 1. The van der Waals surface area contributed by atoms with E-state index in [9.17, 15) is 22.4 Å². The van der Waals surface area contributed by atoms with Crippen LogP contribution in [-0.2, 0) is 26.2 Å². The molecule has 3 aromatic rings. The molecule has 3 rings (SSSR count). The van der Waals surface area contributed by atoms with Gasteiger partial charge in [-0.15, -0.1) is 0 Å². The van der Waals surface area contributed by atoms with Crippen LogP contribution in [0.25, 0.3) is 0 Å². The second-order valence-corrected chi connectivity index (χ2v) is 10.7. The van der Waals surface area contributed by atoms with E-state index in [1.807, 2.05) is 38.1 Å². The van der Waals surface area contributed by atoms with Gasteiger partial charge in [0.25, 0.3) is 10.0 Å². The highest BCUT2D eigenvalue weighted by molar-refractivity contribution is 7.92. The Morgan fingerprint density at radius 3 is 2.19 bits per heavy atom. The Bertz CT molecular complexity index is 1340. The highest BCUT2D eigenvalue weighted by Gasteiger charge is 2.32. The van der Waals surface area contributed by atoms with Crippen LogP contribution in [0.5, 0.6) is 0 Å². The summed E-state index contributed by atoms with van der Waals surface area (Å²) in [6.45, 7) is 7.07. The quantitative estimate of drug-likeness (QED) is 0.430. The molecule has 1 unspecified atom stereocenters. The van der Waals surface area contributed by atoms with Crippen molar-refractivity contribution in [3.05, 3.63) is 95.3 Å². The van der Waals surface area contributed by atoms with Crippen LogP contribution < -0.4 is 9.62 Å². The molecule has 0 radical (unpaired) electrons. The van der Waals surface area contributed by atoms with Crippen LogP contribution in [0.3, 0.4) is 0 Å². The molecule has 3 aromatic carbocycles. The second-order valence-electron chi connectivity index (χ2n) is 8.88.